The van der Waals surface area contributed by atoms with Gasteiger partial charge in [0.2, 0.25) is 6.39 Å². The Morgan fingerprint density at radius 1 is 1.50 bits per heavy atom. The second kappa shape index (κ2) is 5.04. The van der Waals surface area contributed by atoms with Gasteiger partial charge in [-0.05, 0) is 12.2 Å². The number of benzene rings is 1. The van der Waals surface area contributed by atoms with E-state index in [4.69, 9.17) is 17.0 Å². The van der Waals surface area contributed by atoms with E-state index in [9.17, 15) is 4.39 Å². The Hall–Kier alpha value is -2.22. The van der Waals surface area contributed by atoms with Crippen molar-refractivity contribution >= 4 is 23.3 Å². The highest BCUT2D eigenvalue weighted by Crippen LogP contribution is 2.24. The van der Waals surface area contributed by atoms with Gasteiger partial charge in [-0.2, -0.15) is 4.98 Å². The Bertz CT molecular complexity index is 794. The highest BCUT2D eigenvalue weighted by atomic mass is 32.1. The van der Waals surface area contributed by atoms with Crippen LogP contribution in [0.5, 0.6) is 5.75 Å². The number of nitrogens with zero attached hydrogens (tertiary/aromatic N) is 3. The molecule has 0 atom stereocenters. The van der Waals surface area contributed by atoms with Crippen molar-refractivity contribution in [3.8, 4) is 5.75 Å². The van der Waals surface area contributed by atoms with Gasteiger partial charge < -0.3 is 18.8 Å². The van der Waals surface area contributed by atoms with Crippen LogP contribution in [-0.2, 0) is 13.0 Å². The molecule has 0 spiro atoms. The monoisotopic (exact) mass is 294 g/mol. The number of rotatable bonds is 4. The molecule has 6 nitrogen and oxygen atoms in total. The summed E-state index contributed by atoms with van der Waals surface area (Å²) >= 11 is 5.25. The number of aromatic nitrogens is 4. The zero-order valence-corrected chi connectivity index (χ0v) is 11.4. The number of aryl methyl sites for hydroxylation is 2. The molecule has 3 aromatic rings. The van der Waals surface area contributed by atoms with E-state index in [0.717, 1.165) is 5.52 Å². The maximum absolute atomic E-state index is 13.6. The third-order valence-corrected chi connectivity index (χ3v) is 3.34. The van der Waals surface area contributed by atoms with Gasteiger partial charge in [0, 0.05) is 25.1 Å². The van der Waals surface area contributed by atoms with Crippen LogP contribution in [-0.4, -0.2) is 26.8 Å². The Kier molecular flexibility index (Phi) is 3.23. The first-order chi connectivity index (χ1) is 9.69. The van der Waals surface area contributed by atoms with Gasteiger partial charge in [-0.3, -0.25) is 0 Å². The third kappa shape index (κ3) is 2.18. The minimum Gasteiger partial charge on any atom is -0.494 e. The van der Waals surface area contributed by atoms with Crippen molar-refractivity contribution in [1.82, 2.24) is 19.7 Å². The van der Waals surface area contributed by atoms with Crippen LogP contribution in [0.3, 0.4) is 0 Å². The molecule has 1 aromatic carbocycles. The van der Waals surface area contributed by atoms with Crippen molar-refractivity contribution in [1.29, 1.82) is 0 Å². The summed E-state index contributed by atoms with van der Waals surface area (Å²) in [6.45, 7) is 0.563. The van der Waals surface area contributed by atoms with Gasteiger partial charge >= 0.3 is 0 Å². The SMILES string of the molecule is COc1cc2c(cc1F)[nH]c(=S)n2CCc1ncon1. The minimum absolute atomic E-state index is 0.180. The lowest BCUT2D eigenvalue weighted by Crippen LogP contribution is -2.03. The Balaban J connectivity index is 2.01. The largest absolute Gasteiger partial charge is 0.494 e. The van der Waals surface area contributed by atoms with Crippen LogP contribution < -0.4 is 4.74 Å². The van der Waals surface area contributed by atoms with Gasteiger partial charge in [-0.25, -0.2) is 4.39 Å². The average molecular weight is 294 g/mol. The standard InChI is InChI=1S/C12H11FN4O2S/c1-18-10-5-9-8(4-7(10)13)15-12(20)17(9)3-2-11-14-6-19-16-11/h4-6H,2-3H2,1H3,(H,15,20). The number of nitrogens with one attached hydrogen (secondary N) is 1. The van der Waals surface area contributed by atoms with E-state index >= 15 is 0 Å². The molecule has 2 aromatic heterocycles. The molecule has 0 amide bonds. The van der Waals surface area contributed by atoms with Gasteiger partial charge in [0.25, 0.3) is 0 Å². The Morgan fingerprint density at radius 3 is 3.05 bits per heavy atom. The molecule has 2 heterocycles. The molecule has 8 heteroatoms. The van der Waals surface area contributed by atoms with E-state index in [0.29, 0.717) is 29.1 Å². The Labute approximate surface area is 118 Å². The molecule has 0 radical (unpaired) electrons. The van der Waals surface area contributed by atoms with Crippen molar-refractivity contribution in [2.45, 2.75) is 13.0 Å². The zero-order valence-electron chi connectivity index (χ0n) is 10.6. The number of ether oxygens (including phenoxy) is 1. The summed E-state index contributed by atoms with van der Waals surface area (Å²) in [5.41, 5.74) is 1.40. The average Bonchev–Trinajstić information content (AvgIpc) is 3.03. The van der Waals surface area contributed by atoms with E-state index in [1.165, 1.54) is 19.6 Å². The minimum atomic E-state index is -0.429. The van der Waals surface area contributed by atoms with Crippen molar-refractivity contribution in [3.63, 3.8) is 0 Å². The first kappa shape index (κ1) is 12.8. The van der Waals surface area contributed by atoms with Crippen LogP contribution in [0.4, 0.5) is 4.39 Å². The van der Waals surface area contributed by atoms with E-state index < -0.39 is 5.82 Å². The second-order valence-electron chi connectivity index (χ2n) is 4.18. The number of imidazole rings is 1. The molecule has 0 bridgehead atoms. The van der Waals surface area contributed by atoms with Crippen LogP contribution in [0.1, 0.15) is 5.82 Å². The molecule has 0 saturated heterocycles. The molecular formula is C12H11FN4O2S. The quantitative estimate of drug-likeness (QED) is 0.749. The highest BCUT2D eigenvalue weighted by Gasteiger charge is 2.11. The Morgan fingerprint density at radius 2 is 2.35 bits per heavy atom. The molecule has 0 fully saturated rings. The van der Waals surface area contributed by atoms with Gasteiger partial charge in [0.1, 0.15) is 0 Å². The van der Waals surface area contributed by atoms with E-state index in [1.807, 2.05) is 4.57 Å². The van der Waals surface area contributed by atoms with Crippen LogP contribution in [0, 0.1) is 10.6 Å². The number of aromatic amines is 1. The van der Waals surface area contributed by atoms with Crippen LogP contribution in [0.2, 0.25) is 0 Å². The number of halogens is 1. The first-order valence-corrected chi connectivity index (χ1v) is 6.31. The fourth-order valence-corrected chi connectivity index (χ4v) is 2.35. The lowest BCUT2D eigenvalue weighted by atomic mass is 10.2. The summed E-state index contributed by atoms with van der Waals surface area (Å²) in [5.74, 6) is 0.344. The number of H-pyrrole nitrogens is 1. The van der Waals surface area contributed by atoms with E-state index in [-0.39, 0.29) is 5.75 Å². The third-order valence-electron chi connectivity index (χ3n) is 3.01. The molecule has 0 aliphatic carbocycles. The van der Waals surface area contributed by atoms with E-state index in [1.54, 1.807) is 6.07 Å². The molecule has 20 heavy (non-hydrogen) atoms. The van der Waals surface area contributed by atoms with Crippen molar-refractivity contribution < 1.29 is 13.7 Å². The summed E-state index contributed by atoms with van der Waals surface area (Å²) in [6, 6.07) is 2.99. The molecule has 0 saturated carbocycles. The van der Waals surface area contributed by atoms with Crippen molar-refractivity contribution in [2.24, 2.45) is 0 Å². The summed E-state index contributed by atoms with van der Waals surface area (Å²) < 4.78 is 25.7. The van der Waals surface area contributed by atoms with E-state index in [2.05, 4.69) is 19.6 Å². The fourth-order valence-electron chi connectivity index (χ4n) is 2.05. The van der Waals surface area contributed by atoms with Crippen LogP contribution in [0.25, 0.3) is 11.0 Å². The molecule has 0 aliphatic heterocycles. The summed E-state index contributed by atoms with van der Waals surface area (Å²) in [4.78, 5) is 6.92. The summed E-state index contributed by atoms with van der Waals surface area (Å²) in [7, 11) is 1.43. The normalized spacial score (nSPS) is 11.1. The van der Waals surface area contributed by atoms with Crippen LogP contribution in [0.15, 0.2) is 23.0 Å². The lowest BCUT2D eigenvalue weighted by Gasteiger charge is -2.05. The van der Waals surface area contributed by atoms with Gasteiger partial charge in [0.15, 0.2) is 22.2 Å². The molecule has 104 valence electrons. The molecular weight excluding hydrogens is 283 g/mol. The topological polar surface area (TPSA) is 68.9 Å². The lowest BCUT2D eigenvalue weighted by molar-refractivity contribution is 0.387. The molecule has 0 aliphatic rings. The number of hydrogen-bond acceptors (Lipinski definition) is 5. The van der Waals surface area contributed by atoms with Gasteiger partial charge in [0.05, 0.1) is 18.1 Å². The van der Waals surface area contributed by atoms with Crippen molar-refractivity contribution in [3.05, 3.63) is 34.9 Å². The fraction of sp³-hybridized carbons (Fsp3) is 0.250. The second-order valence-corrected chi connectivity index (χ2v) is 4.57. The van der Waals surface area contributed by atoms with Crippen molar-refractivity contribution in [2.75, 3.05) is 7.11 Å². The zero-order chi connectivity index (χ0) is 14.1. The smallest absolute Gasteiger partial charge is 0.213 e. The molecule has 0 unspecified atom stereocenters. The maximum Gasteiger partial charge on any atom is 0.213 e. The molecule has 3 rings (SSSR count). The number of methoxy groups -OCH3 is 1. The first-order valence-electron chi connectivity index (χ1n) is 5.90. The predicted molar refractivity (Wildman–Crippen MR) is 71.6 cm³/mol. The predicted octanol–water partition coefficient (Wildman–Crippen LogP) is 2.47. The molecule has 1 N–H and O–H groups in total. The van der Waals surface area contributed by atoms with Crippen LogP contribution >= 0.6 is 12.2 Å². The maximum atomic E-state index is 13.6. The number of fused-ring (bicyclic) bond motifs is 1. The number of hydrogen-bond donors (Lipinski definition) is 1. The van der Waals surface area contributed by atoms with Gasteiger partial charge in [-0.15, -0.1) is 0 Å². The van der Waals surface area contributed by atoms with Gasteiger partial charge in [-0.1, -0.05) is 5.16 Å². The summed E-state index contributed by atoms with van der Waals surface area (Å²) in [5, 5.41) is 3.74. The highest BCUT2D eigenvalue weighted by molar-refractivity contribution is 7.71. The summed E-state index contributed by atoms with van der Waals surface area (Å²) in [6.07, 6.45) is 1.85.